The number of fused-ring (bicyclic) bond motifs is 3. The van der Waals surface area contributed by atoms with E-state index >= 15 is 0 Å². The number of hydrogen-bond donors (Lipinski definition) is 0. The smallest absolute Gasteiger partial charge is 0.166 e. The maximum atomic E-state index is 12.0. The van der Waals surface area contributed by atoms with E-state index in [1.54, 1.807) is 18.7 Å². The molecule has 3 heteroatoms. The molecule has 3 unspecified atom stereocenters. The maximum absolute atomic E-state index is 12.0. The average molecular weight is 488 g/mol. The standard InChI is InChI=1S/C25H35NOS.3C2H6/c1-5-7-10-18(3)28-25(19(4)27)14-8-11-20-15-16-24-22(17-20)21-12-9-13-23(21)26(24)6-2;3*1-2/h8,11,14-18,21,23H,5-7,9-10,12-13H2,1-4H3;3*1-2H3/b11-8+,25-14+;;;. The third-order valence-corrected chi connectivity index (χ3v) is 7.47. The number of hydrogen-bond acceptors (Lipinski definition) is 3. The van der Waals surface area contributed by atoms with Crippen molar-refractivity contribution in [2.75, 3.05) is 11.4 Å². The molecule has 2 nitrogen and oxygen atoms in total. The highest BCUT2D eigenvalue weighted by Gasteiger charge is 2.40. The monoisotopic (exact) mass is 487 g/mol. The predicted octanol–water partition coefficient (Wildman–Crippen LogP) is 10.0. The number of carbonyl (C=O) groups is 1. The molecule has 1 aliphatic carbocycles. The van der Waals surface area contributed by atoms with Gasteiger partial charge in [-0.25, -0.2) is 0 Å². The molecular formula is C31H53NOS. The quantitative estimate of drug-likeness (QED) is 0.255. The normalized spacial score (nSPS) is 19.1. The molecule has 194 valence electrons. The molecule has 34 heavy (non-hydrogen) atoms. The lowest BCUT2D eigenvalue weighted by atomic mass is 9.96. The van der Waals surface area contributed by atoms with Crippen molar-refractivity contribution in [1.29, 1.82) is 0 Å². The summed E-state index contributed by atoms with van der Waals surface area (Å²) in [5.74, 6) is 0.876. The van der Waals surface area contributed by atoms with Crippen molar-refractivity contribution in [3.63, 3.8) is 0 Å². The fourth-order valence-corrected chi connectivity index (χ4v) is 5.79. The lowest BCUT2D eigenvalue weighted by Gasteiger charge is -2.25. The van der Waals surface area contributed by atoms with E-state index in [0.29, 0.717) is 17.2 Å². The molecular weight excluding hydrogens is 434 g/mol. The zero-order valence-electron chi connectivity index (χ0n) is 23.9. The van der Waals surface area contributed by atoms with Crippen LogP contribution in [0, 0.1) is 0 Å². The summed E-state index contributed by atoms with van der Waals surface area (Å²) in [7, 11) is 0. The van der Waals surface area contributed by atoms with E-state index in [9.17, 15) is 4.79 Å². The summed E-state index contributed by atoms with van der Waals surface area (Å²) in [5.41, 5.74) is 4.21. The van der Waals surface area contributed by atoms with Crippen molar-refractivity contribution >= 4 is 29.3 Å². The van der Waals surface area contributed by atoms with Gasteiger partial charge in [0.15, 0.2) is 5.78 Å². The summed E-state index contributed by atoms with van der Waals surface area (Å²) in [6.45, 7) is 21.5. The van der Waals surface area contributed by atoms with Crippen LogP contribution in [0.5, 0.6) is 0 Å². The number of thioether (sulfide) groups is 1. The van der Waals surface area contributed by atoms with E-state index in [1.807, 2.05) is 47.6 Å². The molecule has 0 aromatic heterocycles. The molecule has 3 rings (SSSR count). The zero-order valence-corrected chi connectivity index (χ0v) is 24.7. The minimum Gasteiger partial charge on any atom is -0.368 e. The molecule has 1 saturated carbocycles. The van der Waals surface area contributed by atoms with E-state index in [4.69, 9.17) is 0 Å². The number of allylic oxidation sites excluding steroid dienone is 3. The summed E-state index contributed by atoms with van der Waals surface area (Å²) in [4.78, 5) is 15.5. The Kier molecular flexibility index (Phi) is 18.0. The number of ketones is 1. The van der Waals surface area contributed by atoms with Crippen molar-refractivity contribution < 1.29 is 4.79 Å². The van der Waals surface area contributed by atoms with Crippen LogP contribution in [0.1, 0.15) is 125 Å². The van der Waals surface area contributed by atoms with Gasteiger partial charge in [-0.2, -0.15) is 0 Å². The van der Waals surface area contributed by atoms with Gasteiger partial charge in [-0.05, 0) is 62.4 Å². The average Bonchev–Trinajstić information content (AvgIpc) is 3.46. The van der Waals surface area contributed by atoms with Gasteiger partial charge in [0.25, 0.3) is 0 Å². The van der Waals surface area contributed by atoms with Crippen LogP contribution in [0.2, 0.25) is 0 Å². The molecule has 2 aliphatic rings. The van der Waals surface area contributed by atoms with Gasteiger partial charge in [0.2, 0.25) is 0 Å². The first-order valence-corrected chi connectivity index (χ1v) is 14.9. The van der Waals surface area contributed by atoms with Crippen LogP contribution in [-0.4, -0.2) is 23.6 Å². The van der Waals surface area contributed by atoms with E-state index in [0.717, 1.165) is 17.9 Å². The fourth-order valence-electron chi connectivity index (χ4n) is 4.75. The van der Waals surface area contributed by atoms with Crippen molar-refractivity contribution in [3.05, 3.63) is 46.4 Å². The molecule has 1 aromatic carbocycles. The molecule has 0 saturated heterocycles. The molecule has 1 fully saturated rings. The number of unbranched alkanes of at least 4 members (excludes halogenated alkanes) is 1. The Labute approximate surface area is 216 Å². The van der Waals surface area contributed by atoms with Gasteiger partial charge in [0.05, 0.1) is 4.91 Å². The number of nitrogens with zero attached hydrogens (tertiary/aromatic N) is 1. The second kappa shape index (κ2) is 18.8. The molecule has 1 aliphatic heterocycles. The second-order valence-corrected chi connectivity index (χ2v) is 9.71. The van der Waals surface area contributed by atoms with Crippen LogP contribution < -0.4 is 4.90 Å². The number of Topliss-reactive ketones (excluding diaryl/α,β-unsaturated/α-hetero) is 1. The molecule has 0 spiro atoms. The summed E-state index contributed by atoms with van der Waals surface area (Å²) in [6, 6.07) is 7.61. The first kappa shape index (κ1) is 32.5. The zero-order chi connectivity index (χ0) is 26.1. The van der Waals surface area contributed by atoms with Crippen molar-refractivity contribution in [1.82, 2.24) is 0 Å². The Hall–Kier alpha value is -1.48. The van der Waals surface area contributed by atoms with E-state index < -0.39 is 0 Å². The first-order chi connectivity index (χ1) is 16.5. The predicted molar refractivity (Wildman–Crippen MR) is 158 cm³/mol. The minimum atomic E-state index is 0.166. The highest BCUT2D eigenvalue weighted by molar-refractivity contribution is 8.04. The second-order valence-electron chi connectivity index (χ2n) is 8.23. The molecule has 0 bridgehead atoms. The number of likely N-dealkylation sites (N-methyl/N-ethyl adjacent to an activating group) is 1. The van der Waals surface area contributed by atoms with Crippen LogP contribution >= 0.6 is 11.8 Å². The molecule has 1 heterocycles. The molecule has 0 amide bonds. The highest BCUT2D eigenvalue weighted by Crippen LogP contribution is 2.49. The van der Waals surface area contributed by atoms with Crippen molar-refractivity contribution in [3.8, 4) is 0 Å². The van der Waals surface area contributed by atoms with Gasteiger partial charge in [-0.3, -0.25) is 4.79 Å². The Balaban J connectivity index is 0.00000168. The lowest BCUT2D eigenvalue weighted by Crippen LogP contribution is -2.30. The van der Waals surface area contributed by atoms with E-state index in [-0.39, 0.29) is 5.78 Å². The number of carbonyl (C=O) groups excluding carboxylic acids is 1. The third kappa shape index (κ3) is 9.29. The minimum absolute atomic E-state index is 0.166. The lowest BCUT2D eigenvalue weighted by molar-refractivity contribution is -0.112. The molecule has 0 radical (unpaired) electrons. The van der Waals surface area contributed by atoms with Gasteiger partial charge in [-0.15, -0.1) is 11.8 Å². The Morgan fingerprint density at radius 1 is 1.12 bits per heavy atom. The van der Waals surface area contributed by atoms with Gasteiger partial charge < -0.3 is 4.90 Å². The Morgan fingerprint density at radius 3 is 2.38 bits per heavy atom. The molecule has 3 atom stereocenters. The van der Waals surface area contributed by atoms with Gasteiger partial charge in [0.1, 0.15) is 0 Å². The Morgan fingerprint density at radius 2 is 1.79 bits per heavy atom. The first-order valence-electron chi connectivity index (χ1n) is 14.0. The van der Waals surface area contributed by atoms with Gasteiger partial charge >= 0.3 is 0 Å². The van der Waals surface area contributed by atoms with Crippen molar-refractivity contribution in [2.45, 2.75) is 125 Å². The summed E-state index contributed by atoms with van der Waals surface area (Å²) >= 11 is 1.72. The number of rotatable bonds is 9. The van der Waals surface area contributed by atoms with E-state index in [2.05, 4.69) is 56.0 Å². The SMILES string of the molecule is CC.CC.CC.CCCCC(C)S/C(=C/C=C/c1ccc2c(c1)C1CCCC1N2CC)C(C)=O. The largest absolute Gasteiger partial charge is 0.368 e. The maximum Gasteiger partial charge on any atom is 0.166 e. The van der Waals surface area contributed by atoms with Crippen LogP contribution in [0.15, 0.2) is 35.3 Å². The molecule has 1 aromatic rings. The fraction of sp³-hybridized carbons (Fsp3) is 0.645. The number of benzene rings is 1. The third-order valence-electron chi connectivity index (χ3n) is 6.16. The van der Waals surface area contributed by atoms with Gasteiger partial charge in [0, 0.05) is 29.4 Å². The van der Waals surface area contributed by atoms with Crippen LogP contribution in [0.4, 0.5) is 5.69 Å². The van der Waals surface area contributed by atoms with Gasteiger partial charge in [-0.1, -0.05) is 92.9 Å². The Bertz CT molecular complexity index is 752. The summed E-state index contributed by atoms with van der Waals surface area (Å²) in [5, 5.41) is 0.489. The topological polar surface area (TPSA) is 20.3 Å². The van der Waals surface area contributed by atoms with E-state index in [1.165, 1.54) is 48.9 Å². The van der Waals surface area contributed by atoms with Crippen LogP contribution in [0.3, 0.4) is 0 Å². The summed E-state index contributed by atoms with van der Waals surface area (Å²) < 4.78 is 0. The summed E-state index contributed by atoms with van der Waals surface area (Å²) in [6.07, 6.45) is 13.8. The number of anilines is 1. The van der Waals surface area contributed by atoms with Crippen LogP contribution in [-0.2, 0) is 4.79 Å². The highest BCUT2D eigenvalue weighted by atomic mass is 32.2. The van der Waals surface area contributed by atoms with Crippen LogP contribution in [0.25, 0.3) is 6.08 Å². The van der Waals surface area contributed by atoms with Crippen molar-refractivity contribution in [2.24, 2.45) is 0 Å². The molecule has 0 N–H and O–H groups in total.